The van der Waals surface area contributed by atoms with Gasteiger partial charge in [-0.05, 0) is 44.4 Å². The third-order valence-corrected chi connectivity index (χ3v) is 5.23. The molecule has 0 amide bonds. The summed E-state index contributed by atoms with van der Waals surface area (Å²) in [5, 5.41) is 3.48. The number of hydrogen-bond donors (Lipinski definition) is 2. The van der Waals surface area contributed by atoms with Crippen LogP contribution < -0.4 is 11.1 Å². The van der Waals surface area contributed by atoms with Gasteiger partial charge in [-0.2, -0.15) is 0 Å². The van der Waals surface area contributed by atoms with Crippen LogP contribution in [0.1, 0.15) is 39.0 Å². The van der Waals surface area contributed by atoms with E-state index in [0.717, 1.165) is 12.1 Å². The molecule has 3 N–H and O–H groups in total. The maximum atomic E-state index is 6.06. The highest BCUT2D eigenvalue weighted by Crippen LogP contribution is 2.55. The van der Waals surface area contributed by atoms with E-state index >= 15 is 0 Å². The Morgan fingerprint density at radius 2 is 2.00 bits per heavy atom. The first-order valence-electron chi connectivity index (χ1n) is 6.93. The molecule has 3 fully saturated rings. The zero-order valence-corrected chi connectivity index (χ0v) is 10.4. The molecule has 0 bridgehead atoms. The third kappa shape index (κ3) is 1.79. The van der Waals surface area contributed by atoms with Gasteiger partial charge in [-0.15, -0.1) is 0 Å². The molecule has 3 rings (SSSR count). The van der Waals surface area contributed by atoms with Crippen molar-refractivity contribution in [1.82, 2.24) is 10.2 Å². The molecule has 2 atom stereocenters. The van der Waals surface area contributed by atoms with Gasteiger partial charge in [0.25, 0.3) is 0 Å². The van der Waals surface area contributed by atoms with Crippen LogP contribution in [0.5, 0.6) is 0 Å². The Labute approximate surface area is 98.8 Å². The number of nitrogens with zero attached hydrogens (tertiary/aromatic N) is 1. The number of rotatable bonds is 1. The van der Waals surface area contributed by atoms with Crippen LogP contribution in [0.25, 0.3) is 0 Å². The second-order valence-electron chi connectivity index (χ2n) is 6.20. The van der Waals surface area contributed by atoms with Gasteiger partial charge in [0.1, 0.15) is 0 Å². The van der Waals surface area contributed by atoms with E-state index in [-0.39, 0.29) is 0 Å². The summed E-state index contributed by atoms with van der Waals surface area (Å²) in [6.07, 6.45) is 6.85. The molecule has 1 heterocycles. The van der Waals surface area contributed by atoms with E-state index in [4.69, 9.17) is 5.73 Å². The lowest BCUT2D eigenvalue weighted by molar-refractivity contribution is 0.0749. The maximum Gasteiger partial charge on any atom is 0.0195 e. The molecule has 3 aliphatic rings. The second kappa shape index (κ2) is 3.97. The molecule has 2 unspecified atom stereocenters. The van der Waals surface area contributed by atoms with Crippen LogP contribution in [0.3, 0.4) is 0 Å². The number of nitrogens with one attached hydrogen (secondary N) is 1. The average molecular weight is 223 g/mol. The molecule has 1 spiro atoms. The first-order chi connectivity index (χ1) is 7.71. The van der Waals surface area contributed by atoms with Gasteiger partial charge in [0, 0.05) is 37.8 Å². The fourth-order valence-corrected chi connectivity index (χ4v) is 3.86. The van der Waals surface area contributed by atoms with Crippen molar-refractivity contribution in [1.29, 1.82) is 0 Å². The van der Waals surface area contributed by atoms with Gasteiger partial charge in [0.2, 0.25) is 0 Å². The van der Waals surface area contributed by atoms with E-state index < -0.39 is 0 Å². The number of hydrogen-bond acceptors (Lipinski definition) is 3. The fourth-order valence-electron chi connectivity index (χ4n) is 3.86. The minimum Gasteiger partial charge on any atom is -0.327 e. The first kappa shape index (κ1) is 11.0. The molecule has 16 heavy (non-hydrogen) atoms. The maximum absolute atomic E-state index is 6.06. The zero-order valence-electron chi connectivity index (χ0n) is 10.4. The summed E-state index contributed by atoms with van der Waals surface area (Å²) in [5.74, 6) is 0. The molecular weight excluding hydrogens is 198 g/mol. The third-order valence-electron chi connectivity index (χ3n) is 5.23. The molecule has 0 aromatic heterocycles. The zero-order chi connectivity index (χ0) is 11.2. The second-order valence-corrected chi connectivity index (χ2v) is 6.20. The van der Waals surface area contributed by atoms with Gasteiger partial charge in [-0.25, -0.2) is 0 Å². The van der Waals surface area contributed by atoms with Gasteiger partial charge in [-0.1, -0.05) is 0 Å². The number of nitrogens with two attached hydrogens (primary N) is 1. The average Bonchev–Trinajstić information content (AvgIpc) is 2.91. The van der Waals surface area contributed by atoms with Crippen molar-refractivity contribution in [3.8, 4) is 0 Å². The lowest BCUT2D eigenvalue weighted by Gasteiger charge is -2.43. The van der Waals surface area contributed by atoms with Crippen LogP contribution in [-0.2, 0) is 0 Å². The topological polar surface area (TPSA) is 41.3 Å². The molecule has 1 saturated heterocycles. The minimum absolute atomic E-state index is 0.536. The van der Waals surface area contributed by atoms with E-state index in [9.17, 15) is 0 Å². The summed E-state index contributed by atoms with van der Waals surface area (Å²) in [4.78, 5) is 2.73. The van der Waals surface area contributed by atoms with E-state index in [1.54, 1.807) is 0 Å². The molecule has 2 saturated carbocycles. The van der Waals surface area contributed by atoms with Gasteiger partial charge in [0.05, 0.1) is 0 Å². The molecule has 2 aliphatic carbocycles. The van der Waals surface area contributed by atoms with Crippen LogP contribution in [0.4, 0.5) is 0 Å². The standard InChI is InChI=1S/C13H25N3/c1-10-9-15-6-7-16(10)11-2-4-13(5-3-11)8-12(13)14/h10-12,15H,2-9,14H2,1H3. The SMILES string of the molecule is CC1CNCCN1C1CCC2(CC1)CC2N. The lowest BCUT2D eigenvalue weighted by atomic mass is 9.81. The molecular formula is C13H25N3. The van der Waals surface area contributed by atoms with E-state index in [0.29, 0.717) is 11.5 Å². The molecule has 0 radical (unpaired) electrons. The van der Waals surface area contributed by atoms with E-state index in [1.807, 2.05) is 0 Å². The van der Waals surface area contributed by atoms with Crippen LogP contribution >= 0.6 is 0 Å². The van der Waals surface area contributed by atoms with Crippen molar-refractivity contribution < 1.29 is 0 Å². The van der Waals surface area contributed by atoms with Gasteiger partial charge in [-0.3, -0.25) is 4.90 Å². The van der Waals surface area contributed by atoms with Crippen LogP contribution in [0, 0.1) is 5.41 Å². The highest BCUT2D eigenvalue weighted by Gasteiger charge is 2.53. The van der Waals surface area contributed by atoms with Crippen LogP contribution in [0.2, 0.25) is 0 Å². The summed E-state index contributed by atoms with van der Waals surface area (Å²) in [7, 11) is 0. The summed E-state index contributed by atoms with van der Waals surface area (Å²) < 4.78 is 0. The van der Waals surface area contributed by atoms with Gasteiger partial charge in [0.15, 0.2) is 0 Å². The van der Waals surface area contributed by atoms with Crippen molar-refractivity contribution in [2.24, 2.45) is 11.1 Å². The predicted molar refractivity (Wildman–Crippen MR) is 66.3 cm³/mol. The van der Waals surface area contributed by atoms with Crippen molar-refractivity contribution in [2.75, 3.05) is 19.6 Å². The van der Waals surface area contributed by atoms with Gasteiger partial charge < -0.3 is 11.1 Å². The number of piperazine rings is 1. The normalized spacial score (nSPS) is 49.5. The highest BCUT2D eigenvalue weighted by molar-refractivity contribution is 5.08. The quantitative estimate of drug-likeness (QED) is 0.695. The largest absolute Gasteiger partial charge is 0.327 e. The molecule has 3 heteroatoms. The Morgan fingerprint density at radius 3 is 2.56 bits per heavy atom. The Bertz CT molecular complexity index is 258. The van der Waals surface area contributed by atoms with Crippen molar-refractivity contribution >= 4 is 0 Å². The highest BCUT2D eigenvalue weighted by atomic mass is 15.2. The smallest absolute Gasteiger partial charge is 0.0195 e. The molecule has 0 aromatic carbocycles. The van der Waals surface area contributed by atoms with Crippen molar-refractivity contribution in [2.45, 2.75) is 57.2 Å². The lowest BCUT2D eigenvalue weighted by Crippen LogP contribution is -2.54. The summed E-state index contributed by atoms with van der Waals surface area (Å²) in [5.41, 5.74) is 6.65. The Kier molecular flexibility index (Phi) is 2.73. The molecule has 1 aliphatic heterocycles. The summed E-state index contributed by atoms with van der Waals surface area (Å²) in [6, 6.07) is 2.10. The molecule has 0 aromatic rings. The van der Waals surface area contributed by atoms with Crippen LogP contribution in [0.15, 0.2) is 0 Å². The summed E-state index contributed by atoms with van der Waals surface area (Å²) >= 11 is 0. The minimum atomic E-state index is 0.536. The fraction of sp³-hybridized carbons (Fsp3) is 1.00. The van der Waals surface area contributed by atoms with E-state index in [1.165, 1.54) is 51.7 Å². The summed E-state index contributed by atoms with van der Waals surface area (Å²) in [6.45, 7) is 5.94. The van der Waals surface area contributed by atoms with E-state index in [2.05, 4.69) is 17.1 Å². The predicted octanol–water partition coefficient (Wildman–Crippen LogP) is 0.940. The Morgan fingerprint density at radius 1 is 1.31 bits per heavy atom. The van der Waals surface area contributed by atoms with Crippen molar-refractivity contribution in [3.63, 3.8) is 0 Å². The van der Waals surface area contributed by atoms with Crippen LogP contribution in [-0.4, -0.2) is 42.7 Å². The molecule has 92 valence electrons. The Balaban J connectivity index is 1.57. The van der Waals surface area contributed by atoms with Crippen molar-refractivity contribution in [3.05, 3.63) is 0 Å². The van der Waals surface area contributed by atoms with Gasteiger partial charge >= 0.3 is 0 Å². The first-order valence-corrected chi connectivity index (χ1v) is 6.93. The molecule has 3 nitrogen and oxygen atoms in total. The Hall–Kier alpha value is -0.120. The monoisotopic (exact) mass is 223 g/mol.